The predicted molar refractivity (Wildman–Crippen MR) is 120 cm³/mol. The SMILES string of the molecule is O=C(Nc1ccccc1)N1CCC2(CC1)SCCN2C(=O)COc1ccc(Cl)cc1. The number of hydrogen-bond acceptors (Lipinski definition) is 4. The molecule has 0 aromatic heterocycles. The summed E-state index contributed by atoms with van der Waals surface area (Å²) in [6, 6.07) is 16.4. The van der Waals surface area contributed by atoms with Gasteiger partial charge in [0.2, 0.25) is 0 Å². The number of thioether (sulfide) groups is 1. The molecule has 30 heavy (non-hydrogen) atoms. The van der Waals surface area contributed by atoms with Crippen LogP contribution in [0.4, 0.5) is 10.5 Å². The van der Waals surface area contributed by atoms with Gasteiger partial charge in [0.1, 0.15) is 5.75 Å². The van der Waals surface area contributed by atoms with Gasteiger partial charge in [0.05, 0.1) is 4.87 Å². The molecule has 0 radical (unpaired) electrons. The summed E-state index contributed by atoms with van der Waals surface area (Å²) in [6.07, 6.45) is 1.51. The van der Waals surface area contributed by atoms with Crippen LogP contribution in [0.3, 0.4) is 0 Å². The van der Waals surface area contributed by atoms with E-state index in [1.165, 1.54) is 0 Å². The molecule has 0 bridgehead atoms. The predicted octanol–water partition coefficient (Wildman–Crippen LogP) is 4.32. The number of anilines is 1. The molecule has 8 heteroatoms. The highest BCUT2D eigenvalue weighted by Crippen LogP contribution is 2.44. The number of likely N-dealkylation sites (tertiary alicyclic amines) is 1. The maximum Gasteiger partial charge on any atom is 0.321 e. The van der Waals surface area contributed by atoms with Crippen LogP contribution in [-0.2, 0) is 4.79 Å². The summed E-state index contributed by atoms with van der Waals surface area (Å²) in [5, 5.41) is 3.57. The van der Waals surface area contributed by atoms with Gasteiger partial charge in [0.15, 0.2) is 6.61 Å². The van der Waals surface area contributed by atoms with Crippen LogP contribution in [0.1, 0.15) is 12.8 Å². The van der Waals surface area contributed by atoms with Crippen molar-refractivity contribution in [3.05, 3.63) is 59.6 Å². The first-order valence-corrected chi connectivity index (χ1v) is 11.4. The van der Waals surface area contributed by atoms with Gasteiger partial charge in [-0.25, -0.2) is 4.79 Å². The number of nitrogens with one attached hydrogen (secondary N) is 1. The number of hydrogen-bond donors (Lipinski definition) is 1. The fraction of sp³-hybridized carbons (Fsp3) is 0.364. The van der Waals surface area contributed by atoms with Crippen molar-refractivity contribution in [3.8, 4) is 5.75 Å². The molecule has 1 spiro atoms. The Balaban J connectivity index is 1.32. The normalized spacial score (nSPS) is 17.8. The second kappa shape index (κ2) is 9.18. The zero-order chi connectivity index (χ0) is 21.0. The molecule has 3 amide bonds. The minimum atomic E-state index is -0.246. The highest BCUT2D eigenvalue weighted by molar-refractivity contribution is 8.00. The van der Waals surface area contributed by atoms with Crippen molar-refractivity contribution < 1.29 is 14.3 Å². The smallest absolute Gasteiger partial charge is 0.321 e. The van der Waals surface area contributed by atoms with Gasteiger partial charge < -0.3 is 19.9 Å². The van der Waals surface area contributed by atoms with Crippen molar-refractivity contribution in [2.24, 2.45) is 0 Å². The minimum Gasteiger partial charge on any atom is -0.484 e. The Morgan fingerprint density at radius 3 is 2.43 bits per heavy atom. The highest BCUT2D eigenvalue weighted by atomic mass is 35.5. The minimum absolute atomic E-state index is 0.00213. The van der Waals surface area contributed by atoms with Gasteiger partial charge in [-0.1, -0.05) is 29.8 Å². The van der Waals surface area contributed by atoms with Crippen molar-refractivity contribution in [1.82, 2.24) is 9.80 Å². The lowest BCUT2D eigenvalue weighted by Crippen LogP contribution is -2.55. The topological polar surface area (TPSA) is 61.9 Å². The molecular formula is C22H24ClN3O3S. The van der Waals surface area contributed by atoms with Crippen LogP contribution in [0.2, 0.25) is 5.02 Å². The fourth-order valence-electron chi connectivity index (χ4n) is 3.91. The monoisotopic (exact) mass is 445 g/mol. The molecule has 2 aliphatic heterocycles. The Morgan fingerprint density at radius 1 is 1.03 bits per heavy atom. The van der Waals surface area contributed by atoms with Gasteiger partial charge >= 0.3 is 6.03 Å². The summed E-state index contributed by atoms with van der Waals surface area (Å²) in [5.74, 6) is 1.52. The molecule has 0 saturated carbocycles. The maximum atomic E-state index is 12.9. The van der Waals surface area contributed by atoms with Gasteiger partial charge in [-0.3, -0.25) is 4.79 Å². The number of carbonyl (C=O) groups is 2. The van der Waals surface area contributed by atoms with E-state index >= 15 is 0 Å². The van der Waals surface area contributed by atoms with Crippen molar-refractivity contribution in [1.29, 1.82) is 0 Å². The highest BCUT2D eigenvalue weighted by Gasteiger charge is 2.46. The molecule has 1 N–H and O–H groups in total. The quantitative estimate of drug-likeness (QED) is 0.761. The van der Waals surface area contributed by atoms with Crippen molar-refractivity contribution >= 4 is 41.0 Å². The van der Waals surface area contributed by atoms with Crippen LogP contribution in [0.5, 0.6) is 5.75 Å². The Morgan fingerprint density at radius 2 is 1.73 bits per heavy atom. The number of benzene rings is 2. The second-order valence-electron chi connectivity index (χ2n) is 7.37. The summed E-state index contributed by atoms with van der Waals surface area (Å²) in [7, 11) is 0. The standard InChI is InChI=1S/C22H24ClN3O3S/c23-17-6-8-19(9-7-17)29-16-20(27)26-14-15-30-22(26)10-12-25(13-11-22)21(28)24-18-4-2-1-3-5-18/h1-9H,10-16H2,(H,24,28). The first-order valence-electron chi connectivity index (χ1n) is 10.00. The summed E-state index contributed by atoms with van der Waals surface area (Å²) >= 11 is 7.71. The molecule has 4 rings (SSSR count). The zero-order valence-electron chi connectivity index (χ0n) is 16.6. The number of carbonyl (C=O) groups excluding carboxylic acids is 2. The van der Waals surface area contributed by atoms with Gasteiger partial charge in [-0.2, -0.15) is 0 Å². The molecule has 0 unspecified atom stereocenters. The van der Waals surface area contributed by atoms with Crippen molar-refractivity contribution in [2.45, 2.75) is 17.7 Å². The third-order valence-electron chi connectivity index (χ3n) is 5.51. The Hall–Kier alpha value is -2.38. The number of nitrogens with zero attached hydrogens (tertiary/aromatic N) is 2. The summed E-state index contributed by atoms with van der Waals surface area (Å²) < 4.78 is 5.66. The lowest BCUT2D eigenvalue weighted by Gasteiger charge is -2.43. The molecule has 2 aliphatic rings. The second-order valence-corrected chi connectivity index (χ2v) is 9.26. The molecule has 6 nitrogen and oxygen atoms in total. The van der Waals surface area contributed by atoms with Crippen LogP contribution in [0, 0.1) is 0 Å². The zero-order valence-corrected chi connectivity index (χ0v) is 18.1. The average molecular weight is 446 g/mol. The van der Waals surface area contributed by atoms with Crippen LogP contribution >= 0.6 is 23.4 Å². The molecule has 0 aliphatic carbocycles. The number of piperidine rings is 1. The number of amides is 3. The first kappa shape index (κ1) is 20.9. The van der Waals surface area contributed by atoms with Gasteiger partial charge in [0, 0.05) is 36.1 Å². The number of halogens is 1. The molecule has 2 heterocycles. The molecule has 0 atom stereocenters. The first-order chi connectivity index (χ1) is 14.6. The fourth-order valence-corrected chi connectivity index (χ4v) is 5.51. The number of urea groups is 1. The summed E-state index contributed by atoms with van der Waals surface area (Å²) in [5.41, 5.74) is 0.786. The number of ether oxygens (including phenoxy) is 1. The molecule has 2 fully saturated rings. The third kappa shape index (κ3) is 4.68. The van der Waals surface area contributed by atoms with Crippen LogP contribution in [-0.4, -0.2) is 58.6 Å². The van der Waals surface area contributed by atoms with Crippen LogP contribution in [0.25, 0.3) is 0 Å². The van der Waals surface area contributed by atoms with E-state index in [0.29, 0.717) is 30.4 Å². The Bertz CT molecular complexity index is 886. The van der Waals surface area contributed by atoms with Gasteiger partial charge in [0.25, 0.3) is 5.91 Å². The van der Waals surface area contributed by atoms with Crippen molar-refractivity contribution in [3.63, 3.8) is 0 Å². The Labute approximate surface area is 185 Å². The van der Waals surface area contributed by atoms with E-state index in [4.69, 9.17) is 16.3 Å². The van der Waals surface area contributed by atoms with Gasteiger partial charge in [-0.15, -0.1) is 11.8 Å². The molecular weight excluding hydrogens is 422 g/mol. The van der Waals surface area contributed by atoms with E-state index in [1.54, 1.807) is 24.3 Å². The van der Waals surface area contributed by atoms with Gasteiger partial charge in [-0.05, 0) is 49.2 Å². The maximum absolute atomic E-state index is 12.9. The van der Waals surface area contributed by atoms with E-state index in [-0.39, 0.29) is 23.4 Å². The van der Waals surface area contributed by atoms with Crippen LogP contribution < -0.4 is 10.1 Å². The van der Waals surface area contributed by atoms with E-state index in [0.717, 1.165) is 24.3 Å². The lowest BCUT2D eigenvalue weighted by molar-refractivity contribution is -0.136. The summed E-state index contributed by atoms with van der Waals surface area (Å²) in [6.45, 7) is 1.95. The third-order valence-corrected chi connectivity index (χ3v) is 7.32. The van der Waals surface area contributed by atoms with E-state index in [2.05, 4.69) is 5.32 Å². The molecule has 2 saturated heterocycles. The van der Waals surface area contributed by atoms with E-state index in [9.17, 15) is 9.59 Å². The Kier molecular flexibility index (Phi) is 6.39. The number of rotatable bonds is 4. The lowest BCUT2D eigenvalue weighted by atomic mass is 10.0. The average Bonchev–Trinajstić information content (AvgIpc) is 3.17. The van der Waals surface area contributed by atoms with E-state index < -0.39 is 0 Å². The molecule has 2 aromatic rings. The summed E-state index contributed by atoms with van der Waals surface area (Å²) in [4.78, 5) is 29.0. The largest absolute Gasteiger partial charge is 0.484 e. The van der Waals surface area contributed by atoms with Crippen molar-refractivity contribution in [2.75, 3.05) is 37.3 Å². The molecule has 158 valence electrons. The molecule has 2 aromatic carbocycles. The van der Waals surface area contributed by atoms with E-state index in [1.807, 2.05) is 51.9 Å². The number of para-hydroxylation sites is 1. The van der Waals surface area contributed by atoms with Crippen LogP contribution in [0.15, 0.2) is 54.6 Å².